The van der Waals surface area contributed by atoms with E-state index in [4.69, 9.17) is 9.47 Å². The number of nitrogens with zero attached hydrogens (tertiary/aromatic N) is 4. The highest BCUT2D eigenvalue weighted by atomic mass is 16.5. The maximum absolute atomic E-state index is 12.8. The Kier molecular flexibility index (Phi) is 8.23. The number of aromatic amines is 1. The summed E-state index contributed by atoms with van der Waals surface area (Å²) >= 11 is 0. The molecule has 2 aromatic heterocycles. The van der Waals surface area contributed by atoms with Crippen LogP contribution in [0.3, 0.4) is 0 Å². The number of ether oxygens (including phenoxy) is 2. The van der Waals surface area contributed by atoms with Crippen molar-refractivity contribution in [3.8, 4) is 0 Å². The molecule has 1 fully saturated rings. The van der Waals surface area contributed by atoms with E-state index in [1.165, 1.54) is 6.33 Å². The standard InChI is InChI=1S/C27H37N7O4/c1-33-10-5-11-34(2)24(36)16-38-22-12-20(32-27-25-18(14-33)13-28-26(25)29-17-30-27)8-9-21(22)37-15-23(35)31-19-6-3-4-7-19/h8-9,13,17,19,22H,3-7,10-12,14-16H2,1-2H3,(H,31,35)(H2,28,29,30,32). The molecule has 0 spiro atoms. The molecule has 1 atom stereocenters. The van der Waals surface area contributed by atoms with Gasteiger partial charge in [-0.1, -0.05) is 12.8 Å². The van der Waals surface area contributed by atoms with Gasteiger partial charge >= 0.3 is 0 Å². The highest BCUT2D eigenvalue weighted by Gasteiger charge is 2.26. The first kappa shape index (κ1) is 26.2. The van der Waals surface area contributed by atoms with Gasteiger partial charge < -0.3 is 34.9 Å². The van der Waals surface area contributed by atoms with Gasteiger partial charge in [-0.3, -0.25) is 9.59 Å². The summed E-state index contributed by atoms with van der Waals surface area (Å²) in [5.41, 5.74) is 2.74. The lowest BCUT2D eigenvalue weighted by atomic mass is 10.1. The highest BCUT2D eigenvalue weighted by molar-refractivity contribution is 5.91. The SMILES string of the molecule is CN1CCCN(C)C(=O)COC2CC(=CC=C2OCC(=O)NC2CCCC2)Nc2ncnc3[nH]cc(c23)C1. The molecular formula is C27H37N7O4. The molecule has 1 aliphatic heterocycles. The molecule has 2 aromatic rings. The molecule has 2 aliphatic carbocycles. The second-order valence-corrected chi connectivity index (χ2v) is 10.4. The topological polar surface area (TPSA) is 125 Å². The number of nitrogens with one attached hydrogen (secondary N) is 3. The Morgan fingerprint density at radius 1 is 1.18 bits per heavy atom. The van der Waals surface area contributed by atoms with Crippen molar-refractivity contribution in [2.75, 3.05) is 45.7 Å². The van der Waals surface area contributed by atoms with Gasteiger partial charge in [0.2, 0.25) is 5.91 Å². The number of amides is 2. The third-order valence-corrected chi connectivity index (χ3v) is 7.40. The van der Waals surface area contributed by atoms with Crippen LogP contribution >= 0.6 is 0 Å². The van der Waals surface area contributed by atoms with Gasteiger partial charge in [-0.2, -0.15) is 0 Å². The van der Waals surface area contributed by atoms with Crippen LogP contribution in [-0.2, 0) is 25.6 Å². The minimum atomic E-state index is -0.513. The van der Waals surface area contributed by atoms with E-state index < -0.39 is 6.10 Å². The predicted octanol–water partition coefficient (Wildman–Crippen LogP) is 2.30. The highest BCUT2D eigenvalue weighted by Crippen LogP contribution is 2.29. The van der Waals surface area contributed by atoms with E-state index in [1.807, 2.05) is 12.3 Å². The Morgan fingerprint density at radius 3 is 2.87 bits per heavy atom. The normalized spacial score (nSPS) is 22.1. The molecule has 11 heteroatoms. The number of allylic oxidation sites excluding steroid dienone is 2. The molecule has 5 rings (SSSR count). The van der Waals surface area contributed by atoms with Gasteiger partial charge in [-0.15, -0.1) is 0 Å². The van der Waals surface area contributed by atoms with E-state index in [1.54, 1.807) is 18.0 Å². The number of hydrogen-bond acceptors (Lipinski definition) is 8. The van der Waals surface area contributed by atoms with Crippen molar-refractivity contribution in [1.29, 1.82) is 0 Å². The van der Waals surface area contributed by atoms with Crippen LogP contribution in [0, 0.1) is 0 Å². The molecule has 204 valence electrons. The largest absolute Gasteiger partial charge is 0.485 e. The smallest absolute Gasteiger partial charge is 0.258 e. The summed E-state index contributed by atoms with van der Waals surface area (Å²) in [6.07, 6.45) is 12.3. The number of carbonyl (C=O) groups excluding carboxylic acids is 2. The van der Waals surface area contributed by atoms with Crippen LogP contribution < -0.4 is 10.6 Å². The first-order valence-corrected chi connectivity index (χ1v) is 13.4. The van der Waals surface area contributed by atoms with Crippen molar-refractivity contribution in [2.45, 2.75) is 57.2 Å². The summed E-state index contributed by atoms with van der Waals surface area (Å²) in [6.45, 7) is 2.04. The van der Waals surface area contributed by atoms with E-state index in [-0.39, 0.29) is 31.1 Å². The van der Waals surface area contributed by atoms with E-state index in [9.17, 15) is 9.59 Å². The number of anilines is 1. The number of rotatable bonds is 4. The van der Waals surface area contributed by atoms with Gasteiger partial charge in [-0.05, 0) is 50.6 Å². The summed E-state index contributed by atoms with van der Waals surface area (Å²) in [7, 11) is 3.87. The molecule has 3 heterocycles. The van der Waals surface area contributed by atoms with E-state index in [0.29, 0.717) is 24.5 Å². The number of likely N-dealkylation sites (N-methyl/N-ethyl adjacent to an activating group) is 1. The average molecular weight is 524 g/mol. The maximum Gasteiger partial charge on any atom is 0.258 e. The third-order valence-electron chi connectivity index (χ3n) is 7.40. The number of hydrogen-bond donors (Lipinski definition) is 3. The molecule has 2 bridgehead atoms. The van der Waals surface area contributed by atoms with E-state index in [2.05, 4.69) is 37.5 Å². The fourth-order valence-electron chi connectivity index (χ4n) is 5.27. The van der Waals surface area contributed by atoms with Crippen molar-refractivity contribution in [2.24, 2.45) is 0 Å². The van der Waals surface area contributed by atoms with Gasteiger partial charge in [0, 0.05) is 44.5 Å². The van der Waals surface area contributed by atoms with Crippen LogP contribution in [-0.4, -0.2) is 89.1 Å². The minimum Gasteiger partial charge on any atom is -0.485 e. The van der Waals surface area contributed by atoms with Crippen LogP contribution in [0.5, 0.6) is 0 Å². The molecule has 38 heavy (non-hydrogen) atoms. The average Bonchev–Trinajstić information content (AvgIpc) is 3.56. The van der Waals surface area contributed by atoms with Crippen LogP contribution in [0.1, 0.15) is 44.1 Å². The summed E-state index contributed by atoms with van der Waals surface area (Å²) in [5, 5.41) is 7.44. The zero-order valence-electron chi connectivity index (χ0n) is 22.2. The molecule has 3 aliphatic rings. The van der Waals surface area contributed by atoms with Crippen molar-refractivity contribution in [3.63, 3.8) is 0 Å². The number of carbonyl (C=O) groups is 2. The lowest BCUT2D eigenvalue weighted by Crippen LogP contribution is -2.37. The van der Waals surface area contributed by atoms with Crippen molar-refractivity contribution in [1.82, 2.24) is 30.1 Å². The molecule has 0 aromatic carbocycles. The summed E-state index contributed by atoms with van der Waals surface area (Å²) in [6, 6.07) is 0.233. The molecule has 0 radical (unpaired) electrons. The number of aromatic nitrogens is 3. The van der Waals surface area contributed by atoms with Gasteiger partial charge in [-0.25, -0.2) is 9.97 Å². The summed E-state index contributed by atoms with van der Waals surface area (Å²) in [5.74, 6) is 1.02. The van der Waals surface area contributed by atoms with Crippen molar-refractivity contribution >= 4 is 28.7 Å². The Hall–Kier alpha value is -3.44. The van der Waals surface area contributed by atoms with Crippen LogP contribution in [0.4, 0.5) is 5.82 Å². The van der Waals surface area contributed by atoms with Crippen LogP contribution in [0.25, 0.3) is 11.0 Å². The maximum atomic E-state index is 12.8. The lowest BCUT2D eigenvalue weighted by Gasteiger charge is -2.27. The Bertz CT molecular complexity index is 1220. The van der Waals surface area contributed by atoms with Gasteiger partial charge in [0.05, 0.1) is 5.39 Å². The molecular weight excluding hydrogens is 486 g/mol. The minimum absolute atomic E-state index is 0.0705. The van der Waals surface area contributed by atoms with Crippen LogP contribution in [0.15, 0.2) is 36.1 Å². The molecule has 0 saturated heterocycles. The zero-order valence-corrected chi connectivity index (χ0v) is 22.2. The molecule has 2 amide bonds. The van der Waals surface area contributed by atoms with Crippen molar-refractivity contribution in [3.05, 3.63) is 41.7 Å². The molecule has 1 saturated carbocycles. The molecule has 3 N–H and O–H groups in total. The van der Waals surface area contributed by atoms with Crippen LogP contribution in [0.2, 0.25) is 0 Å². The summed E-state index contributed by atoms with van der Waals surface area (Å²) in [4.78, 5) is 41.4. The molecule has 1 unspecified atom stereocenters. The van der Waals surface area contributed by atoms with Gasteiger partial charge in [0.25, 0.3) is 5.91 Å². The molecule has 11 nitrogen and oxygen atoms in total. The Labute approximate surface area is 222 Å². The van der Waals surface area contributed by atoms with E-state index in [0.717, 1.165) is 67.5 Å². The van der Waals surface area contributed by atoms with Crippen molar-refractivity contribution < 1.29 is 19.1 Å². The number of fused-ring (bicyclic) bond motifs is 2. The first-order chi connectivity index (χ1) is 18.5. The Morgan fingerprint density at radius 2 is 2.03 bits per heavy atom. The number of H-pyrrole nitrogens is 1. The third kappa shape index (κ3) is 6.33. The second kappa shape index (κ2) is 12.0. The Balaban J connectivity index is 1.37. The second-order valence-electron chi connectivity index (χ2n) is 10.4. The monoisotopic (exact) mass is 523 g/mol. The quantitative estimate of drug-likeness (QED) is 0.558. The predicted molar refractivity (Wildman–Crippen MR) is 143 cm³/mol. The fourth-order valence-corrected chi connectivity index (χ4v) is 5.27. The van der Waals surface area contributed by atoms with E-state index >= 15 is 0 Å². The summed E-state index contributed by atoms with van der Waals surface area (Å²) < 4.78 is 12.0. The van der Waals surface area contributed by atoms with Gasteiger partial charge in [0.15, 0.2) is 6.61 Å². The first-order valence-electron chi connectivity index (χ1n) is 13.4. The van der Waals surface area contributed by atoms with Gasteiger partial charge in [0.1, 0.15) is 36.3 Å². The lowest BCUT2D eigenvalue weighted by molar-refractivity contribution is -0.137. The zero-order chi connectivity index (χ0) is 26.5. The fraction of sp³-hybridized carbons (Fsp3) is 0.556.